The molecule has 0 aliphatic carbocycles. The first-order valence-corrected chi connectivity index (χ1v) is 12.9. The van der Waals surface area contributed by atoms with Gasteiger partial charge >= 0.3 is 11.7 Å². The highest BCUT2D eigenvalue weighted by atomic mass is 35.5. The van der Waals surface area contributed by atoms with Crippen LogP contribution in [0.25, 0.3) is 16.6 Å². The molecule has 4 aromatic rings. The molecule has 2 aromatic heterocycles. The Balaban J connectivity index is 1.61. The highest BCUT2D eigenvalue weighted by molar-refractivity contribution is 7.92. The van der Waals surface area contributed by atoms with Crippen molar-refractivity contribution in [2.24, 2.45) is 0 Å². The van der Waals surface area contributed by atoms with Gasteiger partial charge < -0.3 is 15.6 Å². The normalized spacial score (nSPS) is 11.4. The van der Waals surface area contributed by atoms with Crippen LogP contribution in [0.15, 0.2) is 56.3 Å². The average Bonchev–Trinajstić information content (AvgIpc) is 3.13. The van der Waals surface area contributed by atoms with E-state index in [0.29, 0.717) is 32.1 Å². The first-order chi connectivity index (χ1) is 16.5. The number of H-pyrrole nitrogens is 1. The van der Waals surface area contributed by atoms with Crippen LogP contribution in [0, 0.1) is 13.8 Å². The van der Waals surface area contributed by atoms with Crippen LogP contribution >= 0.6 is 22.9 Å². The topological polar surface area (TPSA) is 142 Å². The molecule has 0 spiro atoms. The van der Waals surface area contributed by atoms with Gasteiger partial charge in [0.15, 0.2) is 0 Å². The first-order valence-electron chi connectivity index (χ1n) is 10.2. The van der Waals surface area contributed by atoms with Gasteiger partial charge in [0.25, 0.3) is 15.6 Å². The summed E-state index contributed by atoms with van der Waals surface area (Å²) in [5.74, 6) is 0. The van der Waals surface area contributed by atoms with Gasteiger partial charge in [-0.25, -0.2) is 27.3 Å². The summed E-state index contributed by atoms with van der Waals surface area (Å²) in [6.45, 7) is 3.33. The fraction of sp³-hybridized carbons (Fsp3) is 0.136. The first kappa shape index (κ1) is 24.5. The number of amides is 2. The lowest BCUT2D eigenvalue weighted by Crippen LogP contribution is -2.34. The fourth-order valence-corrected chi connectivity index (χ4v) is 6.07. The van der Waals surface area contributed by atoms with Crippen LogP contribution in [0.4, 0.5) is 16.2 Å². The Hall–Kier alpha value is -3.61. The molecule has 0 saturated carbocycles. The highest BCUT2D eigenvalue weighted by Gasteiger charge is 2.21. The van der Waals surface area contributed by atoms with E-state index in [9.17, 15) is 22.8 Å². The van der Waals surface area contributed by atoms with Crippen LogP contribution in [-0.2, 0) is 10.0 Å². The predicted octanol–water partition coefficient (Wildman–Crippen LogP) is 3.56. The van der Waals surface area contributed by atoms with Crippen molar-refractivity contribution in [1.29, 1.82) is 0 Å². The summed E-state index contributed by atoms with van der Waals surface area (Å²) in [6, 6.07) is 9.79. The number of aryl methyl sites for hydroxylation is 2. The van der Waals surface area contributed by atoms with Gasteiger partial charge in [0.1, 0.15) is 4.21 Å². The summed E-state index contributed by atoms with van der Waals surface area (Å²) in [4.78, 5) is 41.4. The third-order valence-electron chi connectivity index (χ3n) is 5.21. The molecule has 0 radical (unpaired) electrons. The maximum absolute atomic E-state index is 13.0. The number of sulfonamides is 1. The second-order valence-corrected chi connectivity index (χ2v) is 11.2. The van der Waals surface area contributed by atoms with Gasteiger partial charge in [-0.05, 0) is 61.9 Å². The van der Waals surface area contributed by atoms with Gasteiger partial charge in [0.05, 0.1) is 21.6 Å². The summed E-state index contributed by atoms with van der Waals surface area (Å²) >= 11 is 6.86. The number of thiophene rings is 1. The van der Waals surface area contributed by atoms with E-state index in [1.54, 1.807) is 39.1 Å². The molecule has 2 aromatic carbocycles. The van der Waals surface area contributed by atoms with Crippen molar-refractivity contribution in [3.05, 3.63) is 78.8 Å². The second-order valence-electron chi connectivity index (χ2n) is 7.61. The Morgan fingerprint density at radius 3 is 2.40 bits per heavy atom. The largest absolute Gasteiger partial charge is 0.388 e. The Labute approximate surface area is 208 Å². The van der Waals surface area contributed by atoms with Crippen LogP contribution in [0.3, 0.4) is 0 Å². The van der Waals surface area contributed by atoms with E-state index in [4.69, 9.17) is 11.6 Å². The molecule has 0 aliphatic heterocycles. The molecule has 4 rings (SSSR count). The number of aromatic amines is 1. The number of nitrogens with zero attached hydrogens (tertiary/aromatic N) is 1. The van der Waals surface area contributed by atoms with Gasteiger partial charge in [-0.1, -0.05) is 11.6 Å². The SMILES string of the molecule is CNc1ccc2c(=O)n(-c3ccc(NC(=O)NS(=O)(=O)c4cc(Cl)c(C)s4)cc3C)c(=O)[nH]c2c1. The lowest BCUT2D eigenvalue weighted by Gasteiger charge is -2.12. The van der Waals surface area contributed by atoms with E-state index in [1.807, 2.05) is 4.72 Å². The zero-order valence-corrected chi connectivity index (χ0v) is 21.1. The van der Waals surface area contributed by atoms with Crippen molar-refractivity contribution in [2.45, 2.75) is 18.1 Å². The van der Waals surface area contributed by atoms with E-state index >= 15 is 0 Å². The number of hydrogen-bond acceptors (Lipinski definition) is 7. The summed E-state index contributed by atoms with van der Waals surface area (Å²) in [5, 5.41) is 6.02. The van der Waals surface area contributed by atoms with Crippen molar-refractivity contribution >= 4 is 61.3 Å². The molecule has 0 atom stereocenters. The van der Waals surface area contributed by atoms with Gasteiger partial charge in [-0.3, -0.25) is 4.79 Å². The number of carbonyl (C=O) groups excluding carboxylic acids is 1. The number of halogens is 1. The van der Waals surface area contributed by atoms with Crippen LogP contribution < -0.4 is 26.6 Å². The van der Waals surface area contributed by atoms with Crippen molar-refractivity contribution in [3.63, 3.8) is 0 Å². The lowest BCUT2D eigenvalue weighted by atomic mass is 10.1. The Bertz CT molecular complexity index is 1690. The quantitative estimate of drug-likeness (QED) is 0.309. The molecular weight excluding hydrogens is 514 g/mol. The molecule has 182 valence electrons. The van der Waals surface area contributed by atoms with E-state index in [1.165, 1.54) is 24.3 Å². The molecule has 0 fully saturated rings. The number of urea groups is 1. The summed E-state index contributed by atoms with van der Waals surface area (Å²) in [7, 11) is -2.37. The lowest BCUT2D eigenvalue weighted by molar-refractivity contribution is 0.256. The monoisotopic (exact) mass is 533 g/mol. The van der Waals surface area contributed by atoms with Gasteiger partial charge in [0, 0.05) is 23.3 Å². The summed E-state index contributed by atoms with van der Waals surface area (Å²) in [5.41, 5.74) is 1.12. The van der Waals surface area contributed by atoms with Crippen LogP contribution in [0.2, 0.25) is 5.02 Å². The maximum atomic E-state index is 13.0. The van der Waals surface area contributed by atoms with E-state index in [2.05, 4.69) is 15.6 Å². The third kappa shape index (κ3) is 4.81. The molecule has 0 saturated heterocycles. The second kappa shape index (κ2) is 9.21. The summed E-state index contributed by atoms with van der Waals surface area (Å²) < 4.78 is 27.7. The zero-order chi connectivity index (χ0) is 25.5. The third-order valence-corrected chi connectivity index (χ3v) is 8.57. The minimum absolute atomic E-state index is 0.0848. The van der Waals surface area contributed by atoms with Crippen molar-refractivity contribution in [3.8, 4) is 5.69 Å². The maximum Gasteiger partial charge on any atom is 0.333 e. The highest BCUT2D eigenvalue weighted by Crippen LogP contribution is 2.29. The molecule has 10 nitrogen and oxygen atoms in total. The average molecular weight is 534 g/mol. The molecule has 35 heavy (non-hydrogen) atoms. The molecule has 0 aliphatic rings. The van der Waals surface area contributed by atoms with Gasteiger partial charge in [-0.2, -0.15) is 0 Å². The number of carbonyl (C=O) groups is 1. The standard InChI is InChI=1S/C22H20ClN5O5S2/c1-11-8-14(25-21(30)27-35(32,33)19-10-16(23)12(2)34-19)5-7-18(11)28-20(29)15-6-4-13(24-3)9-17(15)26-22(28)31/h4-10,24H,1-3H3,(H,26,31)(H2,25,27,30). The minimum Gasteiger partial charge on any atom is -0.388 e. The summed E-state index contributed by atoms with van der Waals surface area (Å²) in [6.07, 6.45) is 0. The van der Waals surface area contributed by atoms with E-state index in [0.717, 1.165) is 21.6 Å². The smallest absolute Gasteiger partial charge is 0.333 e. The van der Waals surface area contributed by atoms with Crippen LogP contribution in [-0.4, -0.2) is 31.0 Å². The van der Waals surface area contributed by atoms with Crippen molar-refractivity contribution < 1.29 is 13.2 Å². The van der Waals surface area contributed by atoms with Crippen molar-refractivity contribution in [2.75, 3.05) is 17.7 Å². The Morgan fingerprint density at radius 2 is 1.77 bits per heavy atom. The van der Waals surface area contributed by atoms with Crippen LogP contribution in [0.1, 0.15) is 10.4 Å². The number of nitrogens with one attached hydrogen (secondary N) is 4. The van der Waals surface area contributed by atoms with E-state index < -0.39 is 27.3 Å². The predicted molar refractivity (Wildman–Crippen MR) is 138 cm³/mol. The number of hydrogen-bond donors (Lipinski definition) is 4. The number of aromatic nitrogens is 2. The Morgan fingerprint density at radius 1 is 1.06 bits per heavy atom. The molecule has 0 unspecified atom stereocenters. The van der Waals surface area contributed by atoms with E-state index in [-0.39, 0.29) is 9.90 Å². The molecular formula is C22H20ClN5O5S2. The Kier molecular flexibility index (Phi) is 6.45. The molecule has 0 bridgehead atoms. The minimum atomic E-state index is -4.10. The van der Waals surface area contributed by atoms with Crippen molar-refractivity contribution in [1.82, 2.24) is 14.3 Å². The number of rotatable bonds is 5. The fourth-order valence-electron chi connectivity index (χ4n) is 3.47. The van der Waals surface area contributed by atoms with Gasteiger partial charge in [-0.15, -0.1) is 11.3 Å². The molecule has 2 amide bonds. The number of fused-ring (bicyclic) bond motifs is 1. The van der Waals surface area contributed by atoms with Gasteiger partial charge in [0.2, 0.25) is 0 Å². The molecule has 2 heterocycles. The zero-order valence-electron chi connectivity index (χ0n) is 18.7. The number of anilines is 2. The van der Waals surface area contributed by atoms with Crippen LogP contribution in [0.5, 0.6) is 0 Å². The number of benzene rings is 2. The molecule has 13 heteroatoms. The molecule has 4 N–H and O–H groups in total.